The van der Waals surface area contributed by atoms with Gasteiger partial charge in [-0.15, -0.1) is 24.0 Å². The number of ether oxygens (including phenoxy) is 2. The third kappa shape index (κ3) is 13.7. The SMILES string of the molecule is CCCCOCCOCCN=C(NCC)NCCNC(=O)c1ccccc1.I. The Morgan fingerprint density at radius 1 is 0.929 bits per heavy atom. The molecule has 1 amide bonds. The minimum atomic E-state index is -0.0751. The number of carbonyl (C=O) groups is 1. The number of nitrogens with one attached hydrogen (secondary N) is 3. The van der Waals surface area contributed by atoms with Crippen LogP contribution < -0.4 is 16.0 Å². The first-order valence-corrected chi connectivity index (χ1v) is 9.78. The summed E-state index contributed by atoms with van der Waals surface area (Å²) < 4.78 is 10.9. The summed E-state index contributed by atoms with van der Waals surface area (Å²) in [5.41, 5.74) is 0.661. The summed E-state index contributed by atoms with van der Waals surface area (Å²) in [5, 5.41) is 9.25. The lowest BCUT2D eigenvalue weighted by Crippen LogP contribution is -2.41. The highest BCUT2D eigenvalue weighted by atomic mass is 127. The van der Waals surface area contributed by atoms with Crippen LogP contribution in [0.25, 0.3) is 0 Å². The Bertz CT molecular complexity index is 529. The number of carbonyl (C=O) groups excluding carboxylic acids is 1. The van der Waals surface area contributed by atoms with Gasteiger partial charge in [0.2, 0.25) is 0 Å². The molecule has 7 nitrogen and oxygen atoms in total. The summed E-state index contributed by atoms with van der Waals surface area (Å²) >= 11 is 0. The molecule has 0 radical (unpaired) electrons. The van der Waals surface area contributed by atoms with Crippen LogP contribution in [0.3, 0.4) is 0 Å². The number of aliphatic imine (C=N–C) groups is 1. The van der Waals surface area contributed by atoms with E-state index in [2.05, 4.69) is 27.9 Å². The molecule has 0 heterocycles. The van der Waals surface area contributed by atoms with Crippen molar-refractivity contribution in [3.8, 4) is 0 Å². The Labute approximate surface area is 186 Å². The first kappa shape index (κ1) is 26.6. The molecule has 0 saturated heterocycles. The molecule has 0 saturated carbocycles. The second kappa shape index (κ2) is 18.9. The van der Waals surface area contributed by atoms with E-state index in [0.29, 0.717) is 51.0 Å². The number of nitrogens with zero attached hydrogens (tertiary/aromatic N) is 1. The summed E-state index contributed by atoms with van der Waals surface area (Å²) in [6.07, 6.45) is 2.24. The van der Waals surface area contributed by atoms with Gasteiger partial charge in [-0.25, -0.2) is 0 Å². The Morgan fingerprint density at radius 3 is 2.29 bits per heavy atom. The van der Waals surface area contributed by atoms with Gasteiger partial charge in [0, 0.05) is 31.8 Å². The molecule has 1 rings (SSSR count). The molecular formula is C20H35IN4O3. The van der Waals surface area contributed by atoms with Crippen molar-refractivity contribution in [3.05, 3.63) is 35.9 Å². The molecule has 0 bridgehead atoms. The number of benzene rings is 1. The van der Waals surface area contributed by atoms with E-state index in [1.165, 1.54) is 0 Å². The van der Waals surface area contributed by atoms with Gasteiger partial charge in [0.05, 0.1) is 26.4 Å². The maximum Gasteiger partial charge on any atom is 0.251 e. The van der Waals surface area contributed by atoms with Crippen LogP contribution in [0, 0.1) is 0 Å². The summed E-state index contributed by atoms with van der Waals surface area (Å²) in [5.74, 6) is 0.642. The molecule has 0 aliphatic rings. The summed E-state index contributed by atoms with van der Waals surface area (Å²) in [4.78, 5) is 16.4. The van der Waals surface area contributed by atoms with E-state index >= 15 is 0 Å². The normalized spacial score (nSPS) is 10.9. The third-order valence-corrected chi connectivity index (χ3v) is 3.60. The first-order chi connectivity index (χ1) is 13.3. The van der Waals surface area contributed by atoms with Crippen LogP contribution in [0.1, 0.15) is 37.0 Å². The molecule has 0 unspecified atom stereocenters. The van der Waals surface area contributed by atoms with Crippen molar-refractivity contribution in [2.75, 3.05) is 52.6 Å². The van der Waals surface area contributed by atoms with Gasteiger partial charge in [0.15, 0.2) is 5.96 Å². The second-order valence-electron chi connectivity index (χ2n) is 5.89. The van der Waals surface area contributed by atoms with Gasteiger partial charge >= 0.3 is 0 Å². The quantitative estimate of drug-likeness (QED) is 0.156. The van der Waals surface area contributed by atoms with Crippen LogP contribution in [0.5, 0.6) is 0 Å². The van der Waals surface area contributed by atoms with E-state index in [1.807, 2.05) is 25.1 Å². The molecule has 0 aliphatic heterocycles. The lowest BCUT2D eigenvalue weighted by Gasteiger charge is -2.12. The molecular weight excluding hydrogens is 471 g/mol. The molecule has 0 aliphatic carbocycles. The van der Waals surface area contributed by atoms with Crippen molar-refractivity contribution in [3.63, 3.8) is 0 Å². The average Bonchev–Trinajstić information content (AvgIpc) is 2.70. The van der Waals surface area contributed by atoms with Crippen molar-refractivity contribution in [1.29, 1.82) is 0 Å². The zero-order chi connectivity index (χ0) is 19.6. The fourth-order valence-corrected chi connectivity index (χ4v) is 2.18. The second-order valence-corrected chi connectivity index (χ2v) is 5.89. The standard InChI is InChI=1S/C20H34N4O3.HI/c1-3-5-14-26-16-17-27-15-13-24-20(21-4-2)23-12-11-22-19(25)18-9-7-6-8-10-18;/h6-10H,3-5,11-17H2,1-2H3,(H,22,25)(H2,21,23,24);1H. The van der Waals surface area contributed by atoms with Crippen molar-refractivity contribution in [2.45, 2.75) is 26.7 Å². The van der Waals surface area contributed by atoms with Crippen LogP contribution >= 0.6 is 24.0 Å². The maximum atomic E-state index is 12.0. The van der Waals surface area contributed by atoms with Crippen molar-refractivity contribution in [2.24, 2.45) is 4.99 Å². The number of halogens is 1. The van der Waals surface area contributed by atoms with Gasteiger partial charge in [-0.3, -0.25) is 9.79 Å². The Kier molecular flexibility index (Phi) is 18.0. The lowest BCUT2D eigenvalue weighted by molar-refractivity contribution is 0.0497. The van der Waals surface area contributed by atoms with Crippen LogP contribution in [0.2, 0.25) is 0 Å². The maximum absolute atomic E-state index is 12.0. The lowest BCUT2D eigenvalue weighted by atomic mass is 10.2. The zero-order valence-corrected chi connectivity index (χ0v) is 19.4. The first-order valence-electron chi connectivity index (χ1n) is 9.78. The van der Waals surface area contributed by atoms with E-state index in [9.17, 15) is 4.79 Å². The predicted octanol–water partition coefficient (Wildman–Crippen LogP) is 2.42. The van der Waals surface area contributed by atoms with E-state index in [4.69, 9.17) is 9.47 Å². The average molecular weight is 506 g/mol. The molecule has 160 valence electrons. The Balaban J connectivity index is 0.00000729. The van der Waals surface area contributed by atoms with Gasteiger partial charge in [-0.1, -0.05) is 31.5 Å². The van der Waals surface area contributed by atoms with Gasteiger partial charge in [-0.05, 0) is 25.5 Å². The van der Waals surface area contributed by atoms with Gasteiger partial charge in [0.25, 0.3) is 5.91 Å². The van der Waals surface area contributed by atoms with E-state index in [0.717, 1.165) is 26.0 Å². The van der Waals surface area contributed by atoms with Crippen LogP contribution in [-0.2, 0) is 9.47 Å². The largest absolute Gasteiger partial charge is 0.379 e. The molecule has 1 aromatic carbocycles. The van der Waals surface area contributed by atoms with Crippen molar-refractivity contribution < 1.29 is 14.3 Å². The van der Waals surface area contributed by atoms with Crippen molar-refractivity contribution >= 4 is 35.8 Å². The number of amides is 1. The summed E-state index contributed by atoms with van der Waals surface area (Å²) in [6.45, 7) is 9.18. The monoisotopic (exact) mass is 506 g/mol. The fraction of sp³-hybridized carbons (Fsp3) is 0.600. The smallest absolute Gasteiger partial charge is 0.251 e. The van der Waals surface area contributed by atoms with E-state index < -0.39 is 0 Å². The number of guanidine groups is 1. The van der Waals surface area contributed by atoms with E-state index in [-0.39, 0.29) is 29.9 Å². The number of hydrogen-bond donors (Lipinski definition) is 3. The predicted molar refractivity (Wildman–Crippen MR) is 125 cm³/mol. The van der Waals surface area contributed by atoms with Gasteiger partial charge in [0.1, 0.15) is 0 Å². The number of hydrogen-bond acceptors (Lipinski definition) is 4. The molecule has 8 heteroatoms. The molecule has 3 N–H and O–H groups in total. The fourth-order valence-electron chi connectivity index (χ4n) is 2.18. The van der Waals surface area contributed by atoms with Crippen LogP contribution in [0.4, 0.5) is 0 Å². The van der Waals surface area contributed by atoms with Crippen molar-refractivity contribution in [1.82, 2.24) is 16.0 Å². The summed E-state index contributed by atoms with van der Waals surface area (Å²) in [7, 11) is 0. The Morgan fingerprint density at radius 2 is 1.61 bits per heavy atom. The molecule has 0 aromatic heterocycles. The minimum Gasteiger partial charge on any atom is -0.379 e. The highest BCUT2D eigenvalue weighted by Crippen LogP contribution is 1.97. The number of rotatable bonds is 14. The van der Waals surface area contributed by atoms with Gasteiger partial charge < -0.3 is 25.4 Å². The molecule has 1 aromatic rings. The topological polar surface area (TPSA) is 84.0 Å². The summed E-state index contributed by atoms with van der Waals surface area (Å²) in [6, 6.07) is 9.18. The molecule has 0 spiro atoms. The van der Waals surface area contributed by atoms with Gasteiger partial charge in [-0.2, -0.15) is 0 Å². The molecule has 0 fully saturated rings. The Hall–Kier alpha value is -1.39. The highest BCUT2D eigenvalue weighted by molar-refractivity contribution is 14.0. The highest BCUT2D eigenvalue weighted by Gasteiger charge is 2.03. The molecule has 0 atom stereocenters. The van der Waals surface area contributed by atoms with Crippen LogP contribution in [-0.4, -0.2) is 64.5 Å². The molecule has 28 heavy (non-hydrogen) atoms. The third-order valence-electron chi connectivity index (χ3n) is 3.60. The number of unbranched alkanes of at least 4 members (excludes halogenated alkanes) is 1. The van der Waals surface area contributed by atoms with E-state index in [1.54, 1.807) is 12.1 Å². The minimum absolute atomic E-state index is 0. The zero-order valence-electron chi connectivity index (χ0n) is 17.0. The van der Waals surface area contributed by atoms with Crippen LogP contribution in [0.15, 0.2) is 35.3 Å².